The second-order valence-electron chi connectivity index (χ2n) is 6.59. The van der Waals surface area contributed by atoms with Crippen LogP contribution in [0.15, 0.2) is 48.5 Å². The number of nitrogens with one attached hydrogen (secondary N) is 2. The quantitative estimate of drug-likeness (QED) is 0.847. The maximum Gasteiger partial charge on any atom is 0.318 e. The molecule has 0 radical (unpaired) electrons. The van der Waals surface area contributed by atoms with Gasteiger partial charge in [0.25, 0.3) is 0 Å². The first-order chi connectivity index (χ1) is 13.4. The lowest BCUT2D eigenvalue weighted by molar-refractivity contribution is -0.117. The third-order valence-electron chi connectivity index (χ3n) is 4.62. The van der Waals surface area contributed by atoms with Crippen LogP contribution in [-0.2, 0) is 4.79 Å². The lowest BCUT2D eigenvalue weighted by Crippen LogP contribution is -2.54. The zero-order chi connectivity index (χ0) is 20.1. The molecule has 1 aliphatic heterocycles. The molecule has 3 amide bonds. The Morgan fingerprint density at radius 1 is 0.964 bits per heavy atom. The lowest BCUT2D eigenvalue weighted by atomic mass is 10.2. The highest BCUT2D eigenvalue weighted by Crippen LogP contribution is 2.17. The largest absolute Gasteiger partial charge is 0.368 e. The zero-order valence-electron chi connectivity index (χ0n) is 15.5. The standard InChI is InChI=1S/C20H22F2N4O2/c1-14(19(27)24-18-5-3-2-4-17(18)22)23-20(28)26-12-10-25(11-13-26)16-8-6-15(21)7-9-16/h2-9,14H,10-13H2,1H3,(H,23,28)(H,24,27)/t14-/m0/s1. The molecule has 1 aliphatic rings. The van der Waals surface area contributed by atoms with E-state index in [2.05, 4.69) is 15.5 Å². The van der Waals surface area contributed by atoms with E-state index in [-0.39, 0.29) is 17.5 Å². The first kappa shape index (κ1) is 19.6. The van der Waals surface area contributed by atoms with Crippen molar-refractivity contribution < 1.29 is 18.4 Å². The summed E-state index contributed by atoms with van der Waals surface area (Å²) in [6.45, 7) is 3.71. The molecule has 2 N–H and O–H groups in total. The third kappa shape index (κ3) is 4.76. The second-order valence-corrected chi connectivity index (χ2v) is 6.59. The molecule has 0 aromatic heterocycles. The highest BCUT2D eigenvalue weighted by Gasteiger charge is 2.24. The van der Waals surface area contributed by atoms with Gasteiger partial charge in [-0.2, -0.15) is 0 Å². The first-order valence-electron chi connectivity index (χ1n) is 9.05. The monoisotopic (exact) mass is 388 g/mol. The van der Waals surface area contributed by atoms with Crippen LogP contribution >= 0.6 is 0 Å². The molecule has 0 bridgehead atoms. The number of rotatable bonds is 4. The molecule has 2 aromatic rings. The number of benzene rings is 2. The van der Waals surface area contributed by atoms with Crippen LogP contribution in [0, 0.1) is 11.6 Å². The Morgan fingerprint density at radius 2 is 1.61 bits per heavy atom. The number of amides is 3. The maximum atomic E-state index is 13.6. The van der Waals surface area contributed by atoms with E-state index in [1.165, 1.54) is 30.3 Å². The van der Waals surface area contributed by atoms with E-state index in [4.69, 9.17) is 0 Å². The van der Waals surface area contributed by atoms with Crippen molar-refractivity contribution in [2.75, 3.05) is 36.4 Å². The molecule has 1 heterocycles. The summed E-state index contributed by atoms with van der Waals surface area (Å²) in [7, 11) is 0. The Hall–Kier alpha value is -3.16. The number of piperazine rings is 1. The number of para-hydroxylation sites is 1. The van der Waals surface area contributed by atoms with Crippen molar-refractivity contribution in [3.63, 3.8) is 0 Å². The Morgan fingerprint density at radius 3 is 2.25 bits per heavy atom. The normalized spacial score (nSPS) is 15.1. The molecule has 6 nitrogen and oxygen atoms in total. The fraction of sp³-hybridized carbons (Fsp3) is 0.300. The average molecular weight is 388 g/mol. The van der Waals surface area contributed by atoms with Crippen LogP contribution in [-0.4, -0.2) is 49.1 Å². The fourth-order valence-corrected chi connectivity index (χ4v) is 2.97. The summed E-state index contributed by atoms with van der Waals surface area (Å²) < 4.78 is 26.7. The Bertz CT molecular complexity index is 836. The highest BCUT2D eigenvalue weighted by molar-refractivity contribution is 5.96. The van der Waals surface area contributed by atoms with E-state index in [1.807, 2.05) is 0 Å². The van der Waals surface area contributed by atoms with Gasteiger partial charge in [-0.25, -0.2) is 13.6 Å². The zero-order valence-corrected chi connectivity index (χ0v) is 15.5. The van der Waals surface area contributed by atoms with E-state index in [9.17, 15) is 18.4 Å². The van der Waals surface area contributed by atoms with Gasteiger partial charge < -0.3 is 20.4 Å². The van der Waals surface area contributed by atoms with Gasteiger partial charge in [-0.1, -0.05) is 12.1 Å². The predicted molar refractivity (Wildman–Crippen MR) is 103 cm³/mol. The maximum absolute atomic E-state index is 13.6. The van der Waals surface area contributed by atoms with Gasteiger partial charge in [-0.05, 0) is 43.3 Å². The summed E-state index contributed by atoms with van der Waals surface area (Å²) >= 11 is 0. The minimum atomic E-state index is -0.817. The van der Waals surface area contributed by atoms with Crippen LogP contribution < -0.4 is 15.5 Å². The summed E-state index contributed by atoms with van der Waals surface area (Å²) in [5, 5.41) is 5.10. The van der Waals surface area contributed by atoms with E-state index < -0.39 is 17.8 Å². The third-order valence-corrected chi connectivity index (χ3v) is 4.62. The van der Waals surface area contributed by atoms with E-state index in [0.29, 0.717) is 26.2 Å². The van der Waals surface area contributed by atoms with Gasteiger partial charge in [-0.15, -0.1) is 0 Å². The molecule has 2 aromatic carbocycles. The fourth-order valence-electron chi connectivity index (χ4n) is 2.97. The summed E-state index contributed by atoms with van der Waals surface area (Å²) in [5.74, 6) is -1.32. The van der Waals surface area contributed by atoms with Gasteiger partial charge >= 0.3 is 6.03 Å². The van der Waals surface area contributed by atoms with Crippen LogP contribution in [0.3, 0.4) is 0 Å². The van der Waals surface area contributed by atoms with Gasteiger partial charge in [0.1, 0.15) is 17.7 Å². The van der Waals surface area contributed by atoms with Crippen LogP contribution in [0.2, 0.25) is 0 Å². The molecular weight excluding hydrogens is 366 g/mol. The predicted octanol–water partition coefficient (Wildman–Crippen LogP) is 2.82. The Kier molecular flexibility index (Phi) is 6.08. The molecule has 0 saturated carbocycles. The lowest BCUT2D eigenvalue weighted by Gasteiger charge is -2.36. The van der Waals surface area contributed by atoms with Crippen molar-refractivity contribution in [3.8, 4) is 0 Å². The summed E-state index contributed by atoms with van der Waals surface area (Å²) in [6.07, 6.45) is 0. The molecular formula is C20H22F2N4O2. The van der Waals surface area contributed by atoms with Crippen molar-refractivity contribution in [1.29, 1.82) is 0 Å². The molecule has 3 rings (SSSR count). The first-order valence-corrected chi connectivity index (χ1v) is 9.05. The SMILES string of the molecule is C[C@H](NC(=O)N1CCN(c2ccc(F)cc2)CC1)C(=O)Nc1ccccc1F. The molecule has 0 unspecified atom stereocenters. The van der Waals surface area contributed by atoms with Crippen molar-refractivity contribution in [3.05, 3.63) is 60.2 Å². The highest BCUT2D eigenvalue weighted by atomic mass is 19.1. The van der Waals surface area contributed by atoms with Crippen molar-refractivity contribution in [2.24, 2.45) is 0 Å². The molecule has 148 valence electrons. The van der Waals surface area contributed by atoms with E-state index >= 15 is 0 Å². The van der Waals surface area contributed by atoms with Crippen LogP contribution in [0.5, 0.6) is 0 Å². The topological polar surface area (TPSA) is 64.7 Å². The van der Waals surface area contributed by atoms with Gasteiger partial charge in [0.05, 0.1) is 5.69 Å². The molecule has 1 fully saturated rings. The second kappa shape index (κ2) is 8.69. The summed E-state index contributed by atoms with van der Waals surface area (Å²) in [4.78, 5) is 28.3. The number of halogens is 2. The van der Waals surface area contributed by atoms with Crippen molar-refractivity contribution in [1.82, 2.24) is 10.2 Å². The Labute approximate surface area is 162 Å². The number of carbonyl (C=O) groups is 2. The molecule has 28 heavy (non-hydrogen) atoms. The van der Waals surface area contributed by atoms with Crippen molar-refractivity contribution in [2.45, 2.75) is 13.0 Å². The summed E-state index contributed by atoms with van der Waals surface area (Å²) in [6, 6.07) is 10.9. The number of nitrogens with zero attached hydrogens (tertiary/aromatic N) is 2. The average Bonchev–Trinajstić information content (AvgIpc) is 2.70. The van der Waals surface area contributed by atoms with E-state index in [0.717, 1.165) is 5.69 Å². The number of carbonyl (C=O) groups excluding carboxylic acids is 2. The van der Waals surface area contributed by atoms with Gasteiger partial charge in [-0.3, -0.25) is 4.79 Å². The molecule has 0 aliphatic carbocycles. The molecule has 1 saturated heterocycles. The minimum absolute atomic E-state index is 0.0708. The van der Waals surface area contributed by atoms with Crippen LogP contribution in [0.25, 0.3) is 0 Å². The van der Waals surface area contributed by atoms with Gasteiger partial charge in [0.2, 0.25) is 5.91 Å². The molecule has 8 heteroatoms. The van der Waals surface area contributed by atoms with Crippen molar-refractivity contribution >= 4 is 23.3 Å². The minimum Gasteiger partial charge on any atom is -0.368 e. The molecule has 0 spiro atoms. The van der Waals surface area contributed by atoms with Gasteiger partial charge in [0.15, 0.2) is 0 Å². The van der Waals surface area contributed by atoms with Crippen LogP contribution in [0.4, 0.5) is 25.0 Å². The summed E-state index contributed by atoms with van der Waals surface area (Å²) in [5.41, 5.74) is 0.973. The van der Waals surface area contributed by atoms with Crippen LogP contribution in [0.1, 0.15) is 6.92 Å². The number of anilines is 2. The molecule has 1 atom stereocenters. The Balaban J connectivity index is 1.49. The smallest absolute Gasteiger partial charge is 0.318 e. The number of urea groups is 1. The van der Waals surface area contributed by atoms with Gasteiger partial charge in [0, 0.05) is 31.9 Å². The number of hydrogen-bond donors (Lipinski definition) is 2. The van der Waals surface area contributed by atoms with E-state index in [1.54, 1.807) is 30.0 Å². The number of hydrogen-bond acceptors (Lipinski definition) is 3.